The number of benzene rings is 3. The fourth-order valence-corrected chi connectivity index (χ4v) is 4.57. The Hall–Kier alpha value is -3.49. The summed E-state index contributed by atoms with van der Waals surface area (Å²) in [6.07, 6.45) is -0.00171. The number of anilines is 1. The van der Waals surface area contributed by atoms with Gasteiger partial charge >= 0.3 is 0 Å². The van der Waals surface area contributed by atoms with E-state index in [1.165, 1.54) is 0 Å². The van der Waals surface area contributed by atoms with Crippen LogP contribution in [0.4, 0.5) is 5.69 Å². The summed E-state index contributed by atoms with van der Waals surface area (Å²) in [5.74, 6) is -0.534. The van der Waals surface area contributed by atoms with Gasteiger partial charge in [0.1, 0.15) is 0 Å². The van der Waals surface area contributed by atoms with Gasteiger partial charge in [-0.1, -0.05) is 42.5 Å². The molecule has 0 atom stereocenters. The van der Waals surface area contributed by atoms with E-state index in [4.69, 9.17) is 0 Å². The molecule has 3 N–H and O–H groups in total. The highest BCUT2D eigenvalue weighted by atomic mass is 32.2. The smallest absolute Gasteiger partial charge is 0.255 e. The van der Waals surface area contributed by atoms with E-state index >= 15 is 0 Å². The maximum Gasteiger partial charge on any atom is 0.255 e. The van der Waals surface area contributed by atoms with Crippen molar-refractivity contribution in [3.63, 3.8) is 0 Å². The first-order chi connectivity index (χ1) is 15.7. The molecule has 0 radical (unpaired) electrons. The number of carbonyl (C=O) groups excluding carboxylic acids is 2. The second-order valence-electron chi connectivity index (χ2n) is 7.71. The van der Waals surface area contributed by atoms with Crippen molar-refractivity contribution in [3.05, 3.63) is 95.1 Å². The Morgan fingerprint density at radius 1 is 0.879 bits per heavy atom. The van der Waals surface area contributed by atoms with E-state index < -0.39 is 10.0 Å². The first-order valence-corrected chi connectivity index (χ1v) is 12.0. The van der Waals surface area contributed by atoms with E-state index in [0.29, 0.717) is 16.8 Å². The predicted molar refractivity (Wildman–Crippen MR) is 128 cm³/mol. The number of carbonyl (C=O) groups is 2. The molecule has 0 saturated carbocycles. The number of amides is 2. The lowest BCUT2D eigenvalue weighted by Crippen LogP contribution is -2.31. The lowest BCUT2D eigenvalue weighted by atomic mass is 10.1. The fraction of sp³-hybridized carbons (Fsp3) is 0.200. The highest BCUT2D eigenvalue weighted by Crippen LogP contribution is 2.16. The lowest BCUT2D eigenvalue weighted by molar-refractivity contribution is -0.121. The Kier molecular flexibility index (Phi) is 7.97. The van der Waals surface area contributed by atoms with Crippen molar-refractivity contribution < 1.29 is 18.0 Å². The number of rotatable bonds is 9. The monoisotopic (exact) mass is 465 g/mol. The molecule has 33 heavy (non-hydrogen) atoms. The van der Waals surface area contributed by atoms with Gasteiger partial charge in [0, 0.05) is 30.8 Å². The zero-order valence-electron chi connectivity index (χ0n) is 18.6. The molecule has 8 heteroatoms. The maximum absolute atomic E-state index is 12.5. The number of sulfonamides is 1. The molecular formula is C25H27N3O4S. The van der Waals surface area contributed by atoms with E-state index in [-0.39, 0.29) is 36.2 Å². The lowest BCUT2D eigenvalue weighted by Gasteiger charge is -2.11. The van der Waals surface area contributed by atoms with Gasteiger partial charge in [0.2, 0.25) is 15.9 Å². The molecule has 0 aliphatic carbocycles. The molecule has 3 aromatic carbocycles. The third-order valence-corrected chi connectivity index (χ3v) is 6.59. The van der Waals surface area contributed by atoms with Gasteiger partial charge in [0.15, 0.2) is 0 Å². The second kappa shape index (κ2) is 10.9. The SMILES string of the molecule is Cc1ccc(C)c(S(=O)(=O)NCCC(=O)NCc2cccc(C(=O)Nc3ccccc3)c2)c1. The summed E-state index contributed by atoms with van der Waals surface area (Å²) < 4.78 is 27.5. The summed E-state index contributed by atoms with van der Waals surface area (Å²) in [5, 5.41) is 5.58. The number of hydrogen-bond acceptors (Lipinski definition) is 4. The minimum atomic E-state index is -3.69. The van der Waals surface area contributed by atoms with E-state index in [1.54, 1.807) is 49.4 Å². The molecule has 0 heterocycles. The summed E-state index contributed by atoms with van der Waals surface area (Å²) in [4.78, 5) is 24.8. The van der Waals surface area contributed by atoms with Crippen molar-refractivity contribution in [2.45, 2.75) is 31.7 Å². The topological polar surface area (TPSA) is 104 Å². The van der Waals surface area contributed by atoms with Crippen LogP contribution in [-0.2, 0) is 21.4 Å². The molecule has 0 fully saturated rings. The summed E-state index contributed by atoms with van der Waals surface area (Å²) in [6.45, 7) is 3.78. The van der Waals surface area contributed by atoms with Gasteiger partial charge in [-0.15, -0.1) is 0 Å². The zero-order valence-corrected chi connectivity index (χ0v) is 19.4. The molecule has 0 aliphatic heterocycles. The van der Waals surface area contributed by atoms with Crippen LogP contribution in [0.1, 0.15) is 33.5 Å². The molecule has 0 unspecified atom stereocenters. The molecule has 0 aliphatic rings. The molecule has 0 aromatic heterocycles. The van der Waals surface area contributed by atoms with Crippen molar-refractivity contribution in [3.8, 4) is 0 Å². The van der Waals surface area contributed by atoms with Gasteiger partial charge in [-0.2, -0.15) is 0 Å². The minimum absolute atomic E-state index is 0.00171. The van der Waals surface area contributed by atoms with Crippen LogP contribution in [0.25, 0.3) is 0 Å². The molecule has 0 saturated heterocycles. The Morgan fingerprint density at radius 2 is 1.64 bits per heavy atom. The third-order valence-electron chi connectivity index (χ3n) is 4.99. The highest BCUT2D eigenvalue weighted by molar-refractivity contribution is 7.89. The summed E-state index contributed by atoms with van der Waals surface area (Å²) in [6, 6.07) is 21.3. The Bertz CT molecular complexity index is 1240. The third kappa shape index (κ3) is 7.00. The van der Waals surface area contributed by atoms with Gasteiger partial charge in [-0.25, -0.2) is 13.1 Å². The molecule has 3 aromatic rings. The van der Waals surface area contributed by atoms with Crippen LogP contribution < -0.4 is 15.4 Å². The molecule has 172 valence electrons. The van der Waals surface area contributed by atoms with Gasteiger partial charge in [-0.3, -0.25) is 9.59 Å². The van der Waals surface area contributed by atoms with E-state index in [9.17, 15) is 18.0 Å². The number of aryl methyl sites for hydroxylation is 2. The molecule has 0 spiro atoms. The standard InChI is InChI=1S/C25H27N3O4S/c1-18-11-12-19(2)23(15-18)33(31,32)27-14-13-24(29)26-17-20-7-6-8-21(16-20)25(30)28-22-9-4-3-5-10-22/h3-12,15-16,27H,13-14,17H2,1-2H3,(H,26,29)(H,28,30). The van der Waals surface area contributed by atoms with Crippen LogP contribution in [0.3, 0.4) is 0 Å². The summed E-state index contributed by atoms with van der Waals surface area (Å²) >= 11 is 0. The van der Waals surface area contributed by atoms with Crippen LogP contribution in [0.15, 0.2) is 77.7 Å². The van der Waals surface area contributed by atoms with Gasteiger partial charge < -0.3 is 10.6 Å². The van der Waals surface area contributed by atoms with Crippen LogP contribution in [0, 0.1) is 13.8 Å². The number of nitrogens with one attached hydrogen (secondary N) is 3. The van der Waals surface area contributed by atoms with Crippen LogP contribution >= 0.6 is 0 Å². The molecule has 2 amide bonds. The first kappa shape index (κ1) is 24.2. The first-order valence-electron chi connectivity index (χ1n) is 10.5. The largest absolute Gasteiger partial charge is 0.352 e. The highest BCUT2D eigenvalue weighted by Gasteiger charge is 2.17. The van der Waals surface area contributed by atoms with Crippen LogP contribution in [-0.4, -0.2) is 26.8 Å². The van der Waals surface area contributed by atoms with Gasteiger partial charge in [0.05, 0.1) is 4.90 Å². The zero-order chi connectivity index (χ0) is 23.8. The maximum atomic E-state index is 12.5. The Labute approximate surface area is 194 Å². The van der Waals surface area contributed by atoms with E-state index in [2.05, 4.69) is 15.4 Å². The molecule has 3 rings (SSSR count). The van der Waals surface area contributed by atoms with E-state index in [1.807, 2.05) is 37.3 Å². The van der Waals surface area contributed by atoms with Crippen molar-refractivity contribution in [1.29, 1.82) is 0 Å². The van der Waals surface area contributed by atoms with Crippen molar-refractivity contribution >= 4 is 27.5 Å². The molecular weight excluding hydrogens is 438 g/mol. The van der Waals surface area contributed by atoms with Crippen molar-refractivity contribution in [1.82, 2.24) is 10.0 Å². The van der Waals surface area contributed by atoms with E-state index in [0.717, 1.165) is 11.1 Å². The van der Waals surface area contributed by atoms with Crippen molar-refractivity contribution in [2.24, 2.45) is 0 Å². The average molecular weight is 466 g/mol. The Morgan fingerprint density at radius 3 is 2.39 bits per heavy atom. The van der Waals surface area contributed by atoms with Gasteiger partial charge in [-0.05, 0) is 60.9 Å². The number of para-hydroxylation sites is 1. The minimum Gasteiger partial charge on any atom is -0.352 e. The Balaban J connectivity index is 1.49. The van der Waals surface area contributed by atoms with Crippen molar-refractivity contribution in [2.75, 3.05) is 11.9 Å². The molecule has 7 nitrogen and oxygen atoms in total. The molecule has 0 bridgehead atoms. The quantitative estimate of drug-likeness (QED) is 0.450. The summed E-state index contributed by atoms with van der Waals surface area (Å²) in [7, 11) is -3.69. The van der Waals surface area contributed by atoms with Crippen LogP contribution in [0.5, 0.6) is 0 Å². The average Bonchev–Trinajstić information content (AvgIpc) is 2.80. The second-order valence-corrected chi connectivity index (χ2v) is 9.45. The normalized spacial score (nSPS) is 11.1. The number of hydrogen-bond donors (Lipinski definition) is 3. The van der Waals surface area contributed by atoms with Crippen LogP contribution in [0.2, 0.25) is 0 Å². The summed E-state index contributed by atoms with van der Waals surface area (Å²) in [5.41, 5.74) is 3.43. The fourth-order valence-electron chi connectivity index (χ4n) is 3.21. The van der Waals surface area contributed by atoms with Gasteiger partial charge in [0.25, 0.3) is 5.91 Å². The predicted octanol–water partition coefficient (Wildman–Crippen LogP) is 3.54.